The van der Waals surface area contributed by atoms with Gasteiger partial charge in [-0.05, 0) is 12.1 Å². The molecule has 6 heteroatoms. The van der Waals surface area contributed by atoms with E-state index >= 15 is 0 Å². The van der Waals surface area contributed by atoms with Crippen LogP contribution in [0.15, 0.2) is 29.2 Å². The maximum atomic E-state index is 10.5. The maximum Gasteiger partial charge on any atom is 0.296 e. The van der Waals surface area contributed by atoms with Crippen LogP contribution in [0.3, 0.4) is 0 Å². The molecule has 0 heterocycles. The van der Waals surface area contributed by atoms with Crippen LogP contribution in [-0.4, -0.2) is 30.3 Å². The first-order valence-corrected chi connectivity index (χ1v) is 4.55. The fraction of sp³-hybridized carbons (Fsp3) is 0. The summed E-state index contributed by atoms with van der Waals surface area (Å²) in [6, 6.07) is 5.69. The van der Waals surface area contributed by atoms with Crippen molar-refractivity contribution in [2.24, 2.45) is 0 Å². The molecule has 1 aromatic carbocycles. The van der Waals surface area contributed by atoms with Crippen LogP contribution >= 0.6 is 11.6 Å². The van der Waals surface area contributed by atoms with Gasteiger partial charge in [0, 0.05) is 0 Å². The standard InChI is InChI=1S/C6H5ClO3S.Al.3H/c7-5-3-1-2-4-6(5)11(8,9)10;;;;/h1-4H,(H,8,9,10);;;;. The van der Waals surface area contributed by atoms with Crippen LogP contribution in [0.5, 0.6) is 0 Å². The molecule has 3 nitrogen and oxygen atoms in total. The molecule has 0 atom stereocenters. The van der Waals surface area contributed by atoms with Gasteiger partial charge in [-0.1, -0.05) is 23.7 Å². The molecule has 1 rings (SSSR count). The Kier molecular flexibility index (Phi) is 4.25. The molecule has 0 saturated carbocycles. The van der Waals surface area contributed by atoms with E-state index in [-0.39, 0.29) is 27.3 Å². The van der Waals surface area contributed by atoms with Crippen molar-refractivity contribution in [2.75, 3.05) is 0 Å². The van der Waals surface area contributed by atoms with Gasteiger partial charge in [0.05, 0.1) is 5.02 Å². The Labute approximate surface area is 86.2 Å². The molecule has 0 unspecified atom stereocenters. The largest absolute Gasteiger partial charge is 0.296 e. The Bertz CT molecular complexity index is 363. The van der Waals surface area contributed by atoms with Crippen LogP contribution in [0, 0.1) is 0 Å². The van der Waals surface area contributed by atoms with Crippen LogP contribution in [0.2, 0.25) is 5.02 Å². The average molecular weight is 223 g/mol. The third-order valence-electron chi connectivity index (χ3n) is 1.11. The van der Waals surface area contributed by atoms with E-state index in [4.69, 9.17) is 16.2 Å². The summed E-state index contributed by atoms with van der Waals surface area (Å²) in [5.74, 6) is 0. The lowest BCUT2D eigenvalue weighted by molar-refractivity contribution is 0.483. The zero-order chi connectivity index (χ0) is 8.48. The van der Waals surface area contributed by atoms with Gasteiger partial charge in [0.15, 0.2) is 17.4 Å². The van der Waals surface area contributed by atoms with Crippen LogP contribution in [0.1, 0.15) is 0 Å². The molecule has 0 spiro atoms. The predicted octanol–water partition coefficient (Wildman–Crippen LogP) is 0.403. The lowest BCUT2D eigenvalue weighted by Crippen LogP contribution is -1.97. The molecule has 1 aromatic rings. The number of benzene rings is 1. The van der Waals surface area contributed by atoms with E-state index < -0.39 is 10.1 Å². The monoisotopic (exact) mass is 222 g/mol. The normalized spacial score (nSPS) is 10.5. The minimum absolute atomic E-state index is 0. The van der Waals surface area contributed by atoms with Crippen LogP contribution < -0.4 is 0 Å². The van der Waals surface area contributed by atoms with Gasteiger partial charge >= 0.3 is 0 Å². The fourth-order valence-electron chi connectivity index (χ4n) is 0.654. The Morgan fingerprint density at radius 3 is 2.08 bits per heavy atom. The smallest absolute Gasteiger partial charge is 0.282 e. The second kappa shape index (κ2) is 4.26. The highest BCUT2D eigenvalue weighted by molar-refractivity contribution is 7.86. The van der Waals surface area contributed by atoms with Gasteiger partial charge in [0.1, 0.15) is 4.90 Å². The second-order valence-corrected chi connectivity index (χ2v) is 3.70. The van der Waals surface area contributed by atoms with Crippen LogP contribution in [-0.2, 0) is 10.1 Å². The Hall–Kier alpha value is -0.0475. The molecular weight excluding hydrogens is 215 g/mol. The summed E-state index contributed by atoms with van der Waals surface area (Å²) in [7, 11) is -4.17. The first-order chi connectivity index (χ1) is 5.02. The van der Waals surface area contributed by atoms with Crippen LogP contribution in [0.25, 0.3) is 0 Å². The Morgan fingerprint density at radius 2 is 1.75 bits per heavy atom. The fourth-order valence-corrected chi connectivity index (χ4v) is 1.65. The molecular formula is C6H8AlClO3S. The van der Waals surface area contributed by atoms with Crippen molar-refractivity contribution in [1.29, 1.82) is 0 Å². The van der Waals surface area contributed by atoms with E-state index in [1.54, 1.807) is 6.07 Å². The summed E-state index contributed by atoms with van der Waals surface area (Å²) in [6.45, 7) is 0. The molecule has 0 aromatic heterocycles. The van der Waals surface area contributed by atoms with Gasteiger partial charge in [-0.25, -0.2) is 0 Å². The highest BCUT2D eigenvalue weighted by Gasteiger charge is 2.12. The van der Waals surface area contributed by atoms with Gasteiger partial charge in [-0.15, -0.1) is 0 Å². The summed E-state index contributed by atoms with van der Waals surface area (Å²) in [5, 5.41) is 0.0231. The molecule has 12 heavy (non-hydrogen) atoms. The molecule has 0 bridgehead atoms. The van der Waals surface area contributed by atoms with Gasteiger partial charge in [0.2, 0.25) is 0 Å². The third kappa shape index (κ3) is 2.78. The molecule has 0 fully saturated rings. The number of rotatable bonds is 1. The summed E-state index contributed by atoms with van der Waals surface area (Å²) < 4.78 is 29.6. The summed E-state index contributed by atoms with van der Waals surface area (Å²) >= 11 is 5.47. The lowest BCUT2D eigenvalue weighted by Gasteiger charge is -1.97. The lowest BCUT2D eigenvalue weighted by atomic mass is 10.4. The zero-order valence-electron chi connectivity index (χ0n) is 5.36. The summed E-state index contributed by atoms with van der Waals surface area (Å²) in [5.41, 5.74) is 0. The van der Waals surface area contributed by atoms with E-state index in [2.05, 4.69) is 0 Å². The number of halogens is 1. The topological polar surface area (TPSA) is 54.4 Å². The van der Waals surface area contributed by atoms with Crippen molar-refractivity contribution in [3.05, 3.63) is 29.3 Å². The molecule has 1 N–H and O–H groups in total. The average Bonchev–Trinajstić information content (AvgIpc) is 1.86. The first kappa shape index (κ1) is 12.0. The highest BCUT2D eigenvalue weighted by Crippen LogP contribution is 2.19. The maximum absolute atomic E-state index is 10.5. The first-order valence-electron chi connectivity index (χ1n) is 2.74. The number of hydrogen-bond acceptors (Lipinski definition) is 2. The molecule has 0 aliphatic heterocycles. The predicted molar refractivity (Wildman–Crippen MR) is 51.2 cm³/mol. The summed E-state index contributed by atoms with van der Waals surface area (Å²) in [6.07, 6.45) is 0. The van der Waals surface area contributed by atoms with Crippen molar-refractivity contribution < 1.29 is 13.0 Å². The van der Waals surface area contributed by atoms with Gasteiger partial charge in [-0.2, -0.15) is 8.42 Å². The molecule has 0 amide bonds. The van der Waals surface area contributed by atoms with Gasteiger partial charge in [-0.3, -0.25) is 4.55 Å². The van der Waals surface area contributed by atoms with Crippen molar-refractivity contribution in [2.45, 2.75) is 4.90 Å². The van der Waals surface area contributed by atoms with Crippen LogP contribution in [0.4, 0.5) is 0 Å². The molecule has 66 valence electrons. The number of hydrogen-bond donors (Lipinski definition) is 1. The molecule has 0 saturated heterocycles. The van der Waals surface area contributed by atoms with E-state index in [0.29, 0.717) is 0 Å². The molecule has 0 radical (unpaired) electrons. The third-order valence-corrected chi connectivity index (χ3v) is 2.47. The quantitative estimate of drug-likeness (QED) is 0.553. The minimum Gasteiger partial charge on any atom is -0.282 e. The van der Waals surface area contributed by atoms with E-state index in [0.717, 1.165) is 0 Å². The van der Waals surface area contributed by atoms with Crippen molar-refractivity contribution in [3.63, 3.8) is 0 Å². The van der Waals surface area contributed by atoms with Crippen molar-refractivity contribution in [1.82, 2.24) is 0 Å². The van der Waals surface area contributed by atoms with Crippen molar-refractivity contribution >= 4 is 39.1 Å². The molecule has 0 aliphatic rings. The van der Waals surface area contributed by atoms with E-state index in [1.165, 1.54) is 18.2 Å². The SMILES string of the molecule is O=S(=O)(O)c1ccccc1Cl.[AlH3]. The summed E-state index contributed by atoms with van der Waals surface area (Å²) in [4.78, 5) is -0.262. The van der Waals surface area contributed by atoms with E-state index in [1.807, 2.05) is 0 Å². The molecule has 0 aliphatic carbocycles. The Morgan fingerprint density at radius 1 is 1.25 bits per heavy atom. The zero-order valence-corrected chi connectivity index (χ0v) is 6.93. The highest BCUT2D eigenvalue weighted by atomic mass is 35.5. The second-order valence-electron chi connectivity index (χ2n) is 1.91. The van der Waals surface area contributed by atoms with E-state index in [9.17, 15) is 8.42 Å². The Balaban J connectivity index is 0.00000121. The van der Waals surface area contributed by atoms with Gasteiger partial charge < -0.3 is 0 Å². The van der Waals surface area contributed by atoms with Crippen molar-refractivity contribution in [3.8, 4) is 0 Å². The minimum atomic E-state index is -4.17. The van der Waals surface area contributed by atoms with Gasteiger partial charge in [0.25, 0.3) is 10.1 Å².